The number of para-hydroxylation sites is 1. The number of hydrogen-bond acceptors (Lipinski definition) is 3. The van der Waals surface area contributed by atoms with E-state index in [1.165, 1.54) is 6.26 Å². The lowest BCUT2D eigenvalue weighted by molar-refractivity contribution is 0.0723. The van der Waals surface area contributed by atoms with Crippen molar-refractivity contribution in [1.29, 1.82) is 0 Å². The average Bonchev–Trinajstić information content (AvgIpc) is 2.81. The molecule has 0 fully saturated rings. The van der Waals surface area contributed by atoms with Gasteiger partial charge in [-0.05, 0) is 12.5 Å². The largest absolute Gasteiger partial charge is 0.463 e. The number of carbonyl (C=O) groups is 1. The molecule has 0 radical (unpaired) electrons. The van der Waals surface area contributed by atoms with E-state index in [1.54, 1.807) is 4.90 Å². The van der Waals surface area contributed by atoms with Crippen LogP contribution in [0.2, 0.25) is 0 Å². The molecule has 1 heterocycles. The Hall–Kier alpha value is -1.81. The number of carbonyl (C=O) groups excluding carboxylic acids is 1. The zero-order valence-electron chi connectivity index (χ0n) is 10.4. The van der Waals surface area contributed by atoms with Crippen molar-refractivity contribution in [3.63, 3.8) is 0 Å². The molecule has 1 N–H and O–H groups in total. The summed E-state index contributed by atoms with van der Waals surface area (Å²) in [6.07, 6.45) is 2.36. The van der Waals surface area contributed by atoms with Gasteiger partial charge in [-0.3, -0.25) is 4.79 Å². The fraction of sp³-hybridized carbons (Fsp3) is 0.357. The van der Waals surface area contributed by atoms with Gasteiger partial charge in [0.05, 0.1) is 12.2 Å². The van der Waals surface area contributed by atoms with E-state index < -0.39 is 0 Å². The highest BCUT2D eigenvalue weighted by Crippen LogP contribution is 2.22. The maximum atomic E-state index is 12.4. The first kappa shape index (κ1) is 12.6. The van der Waals surface area contributed by atoms with Gasteiger partial charge in [0.25, 0.3) is 5.91 Å². The first-order chi connectivity index (χ1) is 8.77. The summed E-state index contributed by atoms with van der Waals surface area (Å²) in [4.78, 5) is 14.0. The fourth-order valence-corrected chi connectivity index (χ4v) is 2.02. The van der Waals surface area contributed by atoms with E-state index in [9.17, 15) is 4.79 Å². The minimum atomic E-state index is -0.0872. The van der Waals surface area contributed by atoms with Gasteiger partial charge in [-0.15, -0.1) is 0 Å². The first-order valence-electron chi connectivity index (χ1n) is 6.14. The van der Waals surface area contributed by atoms with E-state index in [1.807, 2.05) is 31.2 Å². The number of fused-ring (bicyclic) bond motifs is 1. The van der Waals surface area contributed by atoms with Crippen molar-refractivity contribution in [3.05, 3.63) is 36.1 Å². The molecular formula is C14H17NO3. The van der Waals surface area contributed by atoms with E-state index in [4.69, 9.17) is 9.52 Å². The molecule has 0 spiro atoms. The van der Waals surface area contributed by atoms with Crippen LogP contribution in [-0.4, -0.2) is 35.6 Å². The number of nitrogens with zero attached hydrogens (tertiary/aromatic N) is 1. The predicted octanol–water partition coefficient (Wildman–Crippen LogP) is 2.28. The zero-order chi connectivity index (χ0) is 13.0. The van der Waals surface area contributed by atoms with Crippen LogP contribution in [0, 0.1) is 0 Å². The summed E-state index contributed by atoms with van der Waals surface area (Å²) in [5, 5.41) is 9.83. The second-order valence-electron chi connectivity index (χ2n) is 4.16. The normalized spacial score (nSPS) is 10.8. The Morgan fingerprint density at radius 3 is 2.83 bits per heavy atom. The number of aliphatic hydroxyl groups excluding tert-OH is 1. The molecular weight excluding hydrogens is 230 g/mol. The molecule has 2 aromatic rings. The summed E-state index contributed by atoms with van der Waals surface area (Å²) in [6.45, 7) is 2.97. The summed E-state index contributed by atoms with van der Waals surface area (Å²) < 4.78 is 5.37. The Morgan fingerprint density at radius 1 is 1.33 bits per heavy atom. The van der Waals surface area contributed by atoms with E-state index in [0.29, 0.717) is 24.2 Å². The van der Waals surface area contributed by atoms with Crippen LogP contribution in [0.15, 0.2) is 34.9 Å². The van der Waals surface area contributed by atoms with Crippen LogP contribution in [0.1, 0.15) is 23.7 Å². The fourth-order valence-electron chi connectivity index (χ4n) is 2.02. The summed E-state index contributed by atoms with van der Waals surface area (Å²) >= 11 is 0. The van der Waals surface area contributed by atoms with Crippen LogP contribution in [0.25, 0.3) is 11.0 Å². The number of furan rings is 1. The molecule has 0 bridgehead atoms. The third kappa shape index (κ3) is 2.38. The van der Waals surface area contributed by atoms with E-state index in [-0.39, 0.29) is 12.5 Å². The summed E-state index contributed by atoms with van der Waals surface area (Å²) in [6, 6.07) is 7.46. The van der Waals surface area contributed by atoms with Crippen LogP contribution in [0.4, 0.5) is 0 Å². The van der Waals surface area contributed by atoms with Crippen molar-refractivity contribution >= 4 is 16.9 Å². The maximum Gasteiger partial charge on any atom is 0.257 e. The summed E-state index contributed by atoms with van der Waals surface area (Å²) in [5.74, 6) is -0.0872. The smallest absolute Gasteiger partial charge is 0.257 e. The Balaban J connectivity index is 2.31. The van der Waals surface area contributed by atoms with Crippen molar-refractivity contribution in [2.24, 2.45) is 0 Å². The Bertz CT molecular complexity index is 527. The molecule has 0 unspecified atom stereocenters. The van der Waals surface area contributed by atoms with Crippen LogP contribution < -0.4 is 0 Å². The van der Waals surface area contributed by atoms with Gasteiger partial charge in [0.2, 0.25) is 0 Å². The molecule has 1 aromatic carbocycles. The molecule has 96 valence electrons. The lowest BCUT2D eigenvalue weighted by Crippen LogP contribution is -2.34. The molecule has 0 saturated carbocycles. The van der Waals surface area contributed by atoms with Crippen LogP contribution in [0.3, 0.4) is 0 Å². The lowest BCUT2D eigenvalue weighted by atomic mass is 10.1. The molecule has 0 atom stereocenters. The first-order valence-corrected chi connectivity index (χ1v) is 6.14. The Labute approximate surface area is 106 Å². The van der Waals surface area contributed by atoms with Gasteiger partial charge >= 0.3 is 0 Å². The van der Waals surface area contributed by atoms with Crippen molar-refractivity contribution in [2.45, 2.75) is 13.3 Å². The van der Waals surface area contributed by atoms with E-state index in [0.717, 1.165) is 11.8 Å². The maximum absolute atomic E-state index is 12.4. The highest BCUT2D eigenvalue weighted by Gasteiger charge is 2.19. The van der Waals surface area contributed by atoms with Gasteiger partial charge in [-0.25, -0.2) is 0 Å². The van der Waals surface area contributed by atoms with Crippen molar-refractivity contribution < 1.29 is 14.3 Å². The lowest BCUT2D eigenvalue weighted by Gasteiger charge is -2.20. The number of aliphatic hydroxyl groups is 1. The highest BCUT2D eigenvalue weighted by atomic mass is 16.3. The molecule has 0 aliphatic heterocycles. The van der Waals surface area contributed by atoms with Gasteiger partial charge in [-0.1, -0.05) is 25.1 Å². The molecule has 1 aromatic heterocycles. The highest BCUT2D eigenvalue weighted by molar-refractivity contribution is 6.05. The third-order valence-electron chi connectivity index (χ3n) is 2.86. The number of amides is 1. The van der Waals surface area contributed by atoms with E-state index in [2.05, 4.69) is 0 Å². The van der Waals surface area contributed by atoms with E-state index >= 15 is 0 Å². The molecule has 4 nitrogen and oxygen atoms in total. The van der Waals surface area contributed by atoms with Crippen LogP contribution in [-0.2, 0) is 0 Å². The Morgan fingerprint density at radius 2 is 2.11 bits per heavy atom. The number of rotatable bonds is 5. The van der Waals surface area contributed by atoms with Gasteiger partial charge < -0.3 is 14.4 Å². The standard InChI is InChI=1S/C14H17NO3/c1-2-7-15(8-9-16)14(17)12-10-18-13-6-4-3-5-11(12)13/h3-6,10,16H,2,7-9H2,1H3. The van der Waals surface area contributed by atoms with Crippen molar-refractivity contribution in [3.8, 4) is 0 Å². The van der Waals surface area contributed by atoms with Crippen LogP contribution >= 0.6 is 0 Å². The van der Waals surface area contributed by atoms with Crippen molar-refractivity contribution in [1.82, 2.24) is 4.90 Å². The monoisotopic (exact) mass is 247 g/mol. The van der Waals surface area contributed by atoms with Gasteiger partial charge in [0, 0.05) is 18.5 Å². The summed E-state index contributed by atoms with van der Waals surface area (Å²) in [7, 11) is 0. The number of benzene rings is 1. The molecule has 1 amide bonds. The topological polar surface area (TPSA) is 53.7 Å². The second kappa shape index (κ2) is 5.69. The average molecular weight is 247 g/mol. The predicted molar refractivity (Wildman–Crippen MR) is 69.5 cm³/mol. The molecule has 18 heavy (non-hydrogen) atoms. The SMILES string of the molecule is CCCN(CCO)C(=O)c1coc2ccccc12. The second-order valence-corrected chi connectivity index (χ2v) is 4.16. The minimum absolute atomic E-state index is 0.0263. The third-order valence-corrected chi connectivity index (χ3v) is 2.86. The van der Waals surface area contributed by atoms with Crippen LogP contribution in [0.5, 0.6) is 0 Å². The zero-order valence-corrected chi connectivity index (χ0v) is 10.4. The van der Waals surface area contributed by atoms with Crippen molar-refractivity contribution in [2.75, 3.05) is 19.7 Å². The van der Waals surface area contributed by atoms with Gasteiger partial charge in [0.15, 0.2) is 0 Å². The van der Waals surface area contributed by atoms with Gasteiger partial charge in [0.1, 0.15) is 11.8 Å². The van der Waals surface area contributed by atoms with Gasteiger partial charge in [-0.2, -0.15) is 0 Å². The summed E-state index contributed by atoms with van der Waals surface area (Å²) in [5.41, 5.74) is 1.27. The molecule has 0 aliphatic carbocycles. The Kier molecular flexibility index (Phi) is 3.99. The number of hydrogen-bond donors (Lipinski definition) is 1. The minimum Gasteiger partial charge on any atom is -0.463 e. The molecule has 4 heteroatoms. The molecule has 2 rings (SSSR count). The molecule has 0 aliphatic rings. The molecule has 0 saturated heterocycles. The quantitative estimate of drug-likeness (QED) is 0.881.